The summed E-state index contributed by atoms with van der Waals surface area (Å²) in [6.07, 6.45) is 3.95. The summed E-state index contributed by atoms with van der Waals surface area (Å²) in [4.78, 5) is 0. The van der Waals surface area contributed by atoms with Gasteiger partial charge >= 0.3 is 0 Å². The van der Waals surface area contributed by atoms with Gasteiger partial charge in [0.15, 0.2) is 0 Å². The van der Waals surface area contributed by atoms with E-state index in [0.29, 0.717) is 0 Å². The van der Waals surface area contributed by atoms with E-state index in [0.717, 1.165) is 19.4 Å². The second-order valence-corrected chi connectivity index (χ2v) is 2.72. The second kappa shape index (κ2) is 9.01. The van der Waals surface area contributed by atoms with Gasteiger partial charge < -0.3 is 5.73 Å². The summed E-state index contributed by atoms with van der Waals surface area (Å²) in [7, 11) is 0. The fraction of sp³-hybridized carbons (Fsp3) is 0.333. The first-order chi connectivity index (χ1) is 6.35. The summed E-state index contributed by atoms with van der Waals surface area (Å²) in [5, 5.41) is 0. The zero-order chi connectivity index (χ0) is 9.94. The molecule has 72 valence electrons. The van der Waals surface area contributed by atoms with Crippen molar-refractivity contribution in [3.05, 3.63) is 48.6 Å². The highest BCUT2D eigenvalue weighted by molar-refractivity contribution is 5.14. The second-order valence-electron chi connectivity index (χ2n) is 2.72. The van der Waals surface area contributed by atoms with Crippen molar-refractivity contribution in [3.8, 4) is 0 Å². The Morgan fingerprint density at radius 3 is 2.23 bits per heavy atom. The van der Waals surface area contributed by atoms with Gasteiger partial charge in [-0.3, -0.25) is 0 Å². The molecule has 0 amide bonds. The summed E-state index contributed by atoms with van der Waals surface area (Å²) in [5.41, 5.74) is 6.68. The molecule has 0 aromatic heterocycles. The maximum atomic E-state index is 5.36. The molecule has 0 aliphatic carbocycles. The van der Waals surface area contributed by atoms with Gasteiger partial charge in [0.25, 0.3) is 0 Å². The van der Waals surface area contributed by atoms with E-state index < -0.39 is 0 Å². The molecule has 0 fully saturated rings. The summed E-state index contributed by atoms with van der Waals surface area (Å²) < 4.78 is 0. The van der Waals surface area contributed by atoms with Crippen LogP contribution in [0.1, 0.15) is 18.9 Å². The van der Waals surface area contributed by atoms with Crippen LogP contribution >= 0.6 is 0 Å². The summed E-state index contributed by atoms with van der Waals surface area (Å²) in [6, 6.07) is 10.3. The lowest BCUT2D eigenvalue weighted by atomic mass is 10.2. The third-order valence-corrected chi connectivity index (χ3v) is 1.56. The first-order valence-electron chi connectivity index (χ1n) is 4.70. The normalized spacial score (nSPS) is 8.46. The summed E-state index contributed by atoms with van der Waals surface area (Å²) in [5.74, 6) is 0. The molecule has 0 spiro atoms. The van der Waals surface area contributed by atoms with Crippen molar-refractivity contribution in [1.29, 1.82) is 0 Å². The van der Waals surface area contributed by atoms with E-state index in [1.54, 1.807) is 0 Å². The van der Waals surface area contributed by atoms with Crippen LogP contribution < -0.4 is 5.73 Å². The molecule has 1 heteroatoms. The molecule has 2 N–H and O–H groups in total. The number of hydrogen-bond acceptors (Lipinski definition) is 1. The maximum absolute atomic E-state index is 5.36. The molecule has 0 heterocycles. The molecule has 13 heavy (non-hydrogen) atoms. The van der Waals surface area contributed by atoms with Crippen molar-refractivity contribution in [3.63, 3.8) is 0 Å². The van der Waals surface area contributed by atoms with Crippen molar-refractivity contribution < 1.29 is 0 Å². The predicted molar refractivity (Wildman–Crippen MR) is 59.7 cm³/mol. The van der Waals surface area contributed by atoms with E-state index in [9.17, 15) is 0 Å². The molecule has 1 rings (SSSR count). The lowest BCUT2D eigenvalue weighted by molar-refractivity contribution is 0.969. The fourth-order valence-electron chi connectivity index (χ4n) is 0.811. The van der Waals surface area contributed by atoms with E-state index in [1.807, 2.05) is 24.3 Å². The Hall–Kier alpha value is -1.08. The highest BCUT2D eigenvalue weighted by Crippen LogP contribution is 1.96. The Morgan fingerprint density at radius 2 is 1.85 bits per heavy atom. The van der Waals surface area contributed by atoms with Crippen LogP contribution in [0.2, 0.25) is 0 Å². The van der Waals surface area contributed by atoms with Gasteiger partial charge in [-0.2, -0.15) is 0 Å². The Labute approximate surface area is 81.3 Å². The smallest absolute Gasteiger partial charge is 0.00367 e. The molecular formula is C12H19N. The average Bonchev–Trinajstić information content (AvgIpc) is 2.20. The van der Waals surface area contributed by atoms with Gasteiger partial charge in [0.2, 0.25) is 0 Å². The predicted octanol–water partition coefficient (Wildman–Crippen LogP) is 2.77. The molecule has 0 atom stereocenters. The molecule has 0 bridgehead atoms. The van der Waals surface area contributed by atoms with Crippen molar-refractivity contribution in [2.75, 3.05) is 6.54 Å². The molecule has 0 saturated heterocycles. The molecule has 0 radical (unpaired) electrons. The molecule has 1 aromatic carbocycles. The fourth-order valence-corrected chi connectivity index (χ4v) is 0.811. The first-order valence-corrected chi connectivity index (χ1v) is 4.70. The van der Waals surface area contributed by atoms with Crippen molar-refractivity contribution >= 4 is 0 Å². The van der Waals surface area contributed by atoms with Crippen LogP contribution in [0.25, 0.3) is 0 Å². The van der Waals surface area contributed by atoms with Crippen molar-refractivity contribution in [2.24, 2.45) is 5.73 Å². The quantitative estimate of drug-likeness (QED) is 0.706. The van der Waals surface area contributed by atoms with Crippen molar-refractivity contribution in [2.45, 2.75) is 19.8 Å². The van der Waals surface area contributed by atoms with E-state index in [4.69, 9.17) is 5.73 Å². The molecule has 1 nitrogen and oxygen atoms in total. The van der Waals surface area contributed by atoms with Crippen LogP contribution in [0.15, 0.2) is 43.0 Å². The lowest BCUT2D eigenvalue weighted by Crippen LogP contribution is -2.01. The first kappa shape index (κ1) is 11.9. The molecule has 0 aliphatic heterocycles. The van der Waals surface area contributed by atoms with Crippen molar-refractivity contribution in [1.82, 2.24) is 0 Å². The zero-order valence-corrected chi connectivity index (χ0v) is 8.37. The van der Waals surface area contributed by atoms with Gasteiger partial charge in [0, 0.05) is 0 Å². The number of nitrogens with two attached hydrogens (primary N) is 1. The SMILES string of the molecule is C=CCC.NCCc1ccccc1. The zero-order valence-electron chi connectivity index (χ0n) is 8.37. The van der Waals surface area contributed by atoms with Gasteiger partial charge in [-0.05, 0) is 24.9 Å². The topological polar surface area (TPSA) is 26.0 Å². The third kappa shape index (κ3) is 7.29. The molecule has 0 aliphatic rings. The molecule has 1 aromatic rings. The van der Waals surface area contributed by atoms with Gasteiger partial charge in [0.05, 0.1) is 0 Å². The van der Waals surface area contributed by atoms with Crippen LogP contribution in [0.4, 0.5) is 0 Å². The number of rotatable bonds is 3. The van der Waals surface area contributed by atoms with Crippen LogP contribution in [-0.4, -0.2) is 6.54 Å². The van der Waals surface area contributed by atoms with Gasteiger partial charge in [-0.25, -0.2) is 0 Å². The van der Waals surface area contributed by atoms with Gasteiger partial charge in [-0.1, -0.05) is 43.3 Å². The summed E-state index contributed by atoms with van der Waals surface area (Å²) in [6.45, 7) is 6.28. The van der Waals surface area contributed by atoms with Crippen LogP contribution in [0.5, 0.6) is 0 Å². The summed E-state index contributed by atoms with van der Waals surface area (Å²) >= 11 is 0. The minimum atomic E-state index is 0.740. The Morgan fingerprint density at radius 1 is 1.31 bits per heavy atom. The van der Waals surface area contributed by atoms with Crippen LogP contribution in [0.3, 0.4) is 0 Å². The Kier molecular flexibility index (Phi) is 8.26. The average molecular weight is 177 g/mol. The standard InChI is InChI=1S/C8H11N.C4H8/c9-7-6-8-4-2-1-3-5-8;1-3-4-2/h1-5H,6-7,9H2;3H,1,4H2,2H3. The number of benzene rings is 1. The van der Waals surface area contributed by atoms with E-state index in [1.165, 1.54) is 5.56 Å². The van der Waals surface area contributed by atoms with E-state index in [2.05, 4.69) is 25.6 Å². The molecule has 0 unspecified atom stereocenters. The van der Waals surface area contributed by atoms with E-state index in [-0.39, 0.29) is 0 Å². The third-order valence-electron chi connectivity index (χ3n) is 1.56. The maximum Gasteiger partial charge on any atom is -0.00367 e. The largest absolute Gasteiger partial charge is 0.330 e. The van der Waals surface area contributed by atoms with Gasteiger partial charge in [0.1, 0.15) is 0 Å². The highest BCUT2D eigenvalue weighted by Gasteiger charge is 1.84. The molecular weight excluding hydrogens is 158 g/mol. The monoisotopic (exact) mass is 177 g/mol. The van der Waals surface area contributed by atoms with Crippen LogP contribution in [-0.2, 0) is 6.42 Å². The number of hydrogen-bond donors (Lipinski definition) is 1. The Bertz CT molecular complexity index is 204. The van der Waals surface area contributed by atoms with Gasteiger partial charge in [-0.15, -0.1) is 6.58 Å². The lowest BCUT2D eigenvalue weighted by Gasteiger charge is -1.93. The minimum Gasteiger partial charge on any atom is -0.330 e. The minimum absolute atomic E-state index is 0.740. The van der Waals surface area contributed by atoms with Crippen LogP contribution in [0, 0.1) is 0 Å². The number of allylic oxidation sites excluding steroid dienone is 1. The van der Waals surface area contributed by atoms with E-state index >= 15 is 0 Å². The highest BCUT2D eigenvalue weighted by atomic mass is 14.5. The molecule has 0 saturated carbocycles. The Balaban J connectivity index is 0.000000310.